The van der Waals surface area contributed by atoms with Crippen LogP contribution in [0.1, 0.15) is 11.1 Å². The predicted molar refractivity (Wildman–Crippen MR) is 81.0 cm³/mol. The summed E-state index contributed by atoms with van der Waals surface area (Å²) in [6.45, 7) is 5.33. The fraction of sp³-hybridized carbons (Fsp3) is 0.333. The lowest BCUT2D eigenvalue weighted by Gasteiger charge is -2.13. The van der Waals surface area contributed by atoms with Crippen molar-refractivity contribution in [2.75, 3.05) is 25.5 Å². The summed E-state index contributed by atoms with van der Waals surface area (Å²) in [5.41, 5.74) is 9.57. The number of aromatic nitrogens is 2. The first-order valence-electron chi connectivity index (χ1n) is 6.57. The molecule has 3 N–H and O–H groups in total. The van der Waals surface area contributed by atoms with Crippen LogP contribution in [0, 0.1) is 13.8 Å². The van der Waals surface area contributed by atoms with Crippen molar-refractivity contribution >= 4 is 5.82 Å². The van der Waals surface area contributed by atoms with Crippen molar-refractivity contribution in [3.05, 3.63) is 35.7 Å². The van der Waals surface area contributed by atoms with Crippen LogP contribution < -0.4 is 15.8 Å². The van der Waals surface area contributed by atoms with Crippen molar-refractivity contribution in [3.8, 4) is 17.0 Å². The van der Waals surface area contributed by atoms with Gasteiger partial charge in [-0.1, -0.05) is 6.07 Å². The van der Waals surface area contributed by atoms with Crippen LogP contribution in [0.3, 0.4) is 0 Å². The molecule has 0 amide bonds. The van der Waals surface area contributed by atoms with E-state index in [0.29, 0.717) is 13.1 Å². The first-order valence-corrected chi connectivity index (χ1v) is 6.57. The highest BCUT2D eigenvalue weighted by Crippen LogP contribution is 2.33. The third kappa shape index (κ3) is 3.05. The zero-order chi connectivity index (χ0) is 14.5. The number of nitrogens with zero attached hydrogens (tertiary/aromatic N) is 2. The van der Waals surface area contributed by atoms with Crippen LogP contribution in [0.4, 0.5) is 5.82 Å². The molecule has 1 aromatic heterocycles. The number of ether oxygens (including phenoxy) is 1. The maximum absolute atomic E-state index is 5.51. The summed E-state index contributed by atoms with van der Waals surface area (Å²) in [5, 5.41) is 3.15. The van der Waals surface area contributed by atoms with Gasteiger partial charge in [-0.3, -0.25) is 0 Å². The highest BCUT2D eigenvalue weighted by Gasteiger charge is 2.11. The highest BCUT2D eigenvalue weighted by molar-refractivity contribution is 5.71. The van der Waals surface area contributed by atoms with Gasteiger partial charge in [-0.05, 0) is 31.0 Å². The Hall–Kier alpha value is -2.14. The van der Waals surface area contributed by atoms with Crippen molar-refractivity contribution in [1.29, 1.82) is 0 Å². The van der Waals surface area contributed by atoms with E-state index >= 15 is 0 Å². The number of nitrogens with two attached hydrogens (primary N) is 1. The Kier molecular flexibility index (Phi) is 4.53. The SMILES string of the molecule is COc1c(C)cc(C)cc1-c1cc(NCCN)ncn1. The number of rotatable bonds is 5. The fourth-order valence-electron chi connectivity index (χ4n) is 2.22. The van der Waals surface area contributed by atoms with E-state index in [2.05, 4.69) is 34.3 Å². The van der Waals surface area contributed by atoms with Gasteiger partial charge in [0.25, 0.3) is 0 Å². The van der Waals surface area contributed by atoms with E-state index in [1.54, 1.807) is 13.4 Å². The summed E-state index contributed by atoms with van der Waals surface area (Å²) in [6.07, 6.45) is 1.55. The number of hydrogen-bond donors (Lipinski definition) is 2. The lowest BCUT2D eigenvalue weighted by Crippen LogP contribution is -2.14. The number of nitrogens with one attached hydrogen (secondary N) is 1. The molecule has 0 aliphatic carbocycles. The topological polar surface area (TPSA) is 73.1 Å². The molecule has 1 heterocycles. The molecule has 20 heavy (non-hydrogen) atoms. The Balaban J connectivity index is 2.45. The molecule has 2 rings (SSSR count). The predicted octanol–water partition coefficient (Wildman–Crippen LogP) is 2.14. The average molecular weight is 272 g/mol. The standard InChI is InChI=1S/C15H20N4O/c1-10-6-11(2)15(20-3)12(7-10)13-8-14(17-5-4-16)19-9-18-13/h6-9H,4-5,16H2,1-3H3,(H,17,18,19). The molecule has 0 radical (unpaired) electrons. The molecule has 0 saturated carbocycles. The van der Waals surface area contributed by atoms with Crippen LogP contribution in [0.25, 0.3) is 11.3 Å². The van der Waals surface area contributed by atoms with Gasteiger partial charge in [0.05, 0.1) is 12.8 Å². The van der Waals surface area contributed by atoms with Gasteiger partial charge in [0.1, 0.15) is 17.9 Å². The van der Waals surface area contributed by atoms with E-state index in [4.69, 9.17) is 10.5 Å². The molecule has 1 aromatic carbocycles. The van der Waals surface area contributed by atoms with Crippen molar-refractivity contribution < 1.29 is 4.74 Å². The van der Waals surface area contributed by atoms with E-state index in [1.807, 2.05) is 13.0 Å². The third-order valence-electron chi connectivity index (χ3n) is 3.02. The molecule has 0 spiro atoms. The molecule has 0 saturated heterocycles. The molecule has 2 aromatic rings. The second kappa shape index (κ2) is 6.34. The zero-order valence-corrected chi connectivity index (χ0v) is 12.1. The normalized spacial score (nSPS) is 10.4. The Labute approximate surface area is 119 Å². The second-order valence-electron chi connectivity index (χ2n) is 4.67. The smallest absolute Gasteiger partial charge is 0.131 e. The zero-order valence-electron chi connectivity index (χ0n) is 12.1. The lowest BCUT2D eigenvalue weighted by atomic mass is 10.0. The summed E-state index contributed by atoms with van der Waals surface area (Å²) < 4.78 is 5.51. The van der Waals surface area contributed by atoms with Crippen LogP contribution in [-0.2, 0) is 0 Å². The van der Waals surface area contributed by atoms with Gasteiger partial charge in [0.15, 0.2) is 0 Å². The van der Waals surface area contributed by atoms with Crippen LogP contribution in [0.15, 0.2) is 24.5 Å². The maximum atomic E-state index is 5.51. The van der Waals surface area contributed by atoms with Gasteiger partial charge >= 0.3 is 0 Å². The summed E-state index contributed by atoms with van der Waals surface area (Å²) in [5.74, 6) is 1.61. The summed E-state index contributed by atoms with van der Waals surface area (Å²) in [6, 6.07) is 6.07. The molecule has 5 nitrogen and oxygen atoms in total. The summed E-state index contributed by atoms with van der Waals surface area (Å²) in [7, 11) is 1.68. The number of benzene rings is 1. The molecule has 0 aliphatic rings. The Morgan fingerprint density at radius 1 is 1.20 bits per heavy atom. The number of aryl methyl sites for hydroxylation is 2. The average Bonchev–Trinajstić information content (AvgIpc) is 2.44. The van der Waals surface area contributed by atoms with Crippen LogP contribution in [-0.4, -0.2) is 30.2 Å². The van der Waals surface area contributed by atoms with Crippen molar-refractivity contribution in [1.82, 2.24) is 9.97 Å². The maximum Gasteiger partial charge on any atom is 0.131 e. The minimum Gasteiger partial charge on any atom is -0.496 e. The fourth-order valence-corrected chi connectivity index (χ4v) is 2.22. The van der Waals surface area contributed by atoms with Crippen molar-refractivity contribution in [3.63, 3.8) is 0 Å². The van der Waals surface area contributed by atoms with Crippen molar-refractivity contribution in [2.24, 2.45) is 5.73 Å². The van der Waals surface area contributed by atoms with E-state index in [1.165, 1.54) is 5.56 Å². The lowest BCUT2D eigenvalue weighted by molar-refractivity contribution is 0.413. The minimum atomic E-state index is 0.562. The largest absolute Gasteiger partial charge is 0.496 e. The van der Waals surface area contributed by atoms with E-state index in [0.717, 1.165) is 28.4 Å². The van der Waals surface area contributed by atoms with Gasteiger partial charge in [0.2, 0.25) is 0 Å². The monoisotopic (exact) mass is 272 g/mol. The molecule has 106 valence electrons. The highest BCUT2D eigenvalue weighted by atomic mass is 16.5. The third-order valence-corrected chi connectivity index (χ3v) is 3.02. The van der Waals surface area contributed by atoms with Crippen LogP contribution in [0.5, 0.6) is 5.75 Å². The van der Waals surface area contributed by atoms with Gasteiger partial charge in [-0.25, -0.2) is 9.97 Å². The van der Waals surface area contributed by atoms with Gasteiger partial charge < -0.3 is 15.8 Å². The molecule has 0 aliphatic heterocycles. The van der Waals surface area contributed by atoms with Gasteiger partial charge in [0, 0.05) is 24.7 Å². The van der Waals surface area contributed by atoms with Gasteiger partial charge in [-0.15, -0.1) is 0 Å². The molecule has 0 unspecified atom stereocenters. The minimum absolute atomic E-state index is 0.562. The number of hydrogen-bond acceptors (Lipinski definition) is 5. The van der Waals surface area contributed by atoms with E-state index in [-0.39, 0.29) is 0 Å². The first kappa shape index (κ1) is 14.3. The quantitative estimate of drug-likeness (QED) is 0.872. The molecule has 0 atom stereocenters. The molecule has 0 fully saturated rings. The molecule has 0 bridgehead atoms. The van der Waals surface area contributed by atoms with E-state index in [9.17, 15) is 0 Å². The van der Waals surface area contributed by atoms with Crippen LogP contribution >= 0.6 is 0 Å². The summed E-state index contributed by atoms with van der Waals surface area (Å²) in [4.78, 5) is 8.53. The van der Waals surface area contributed by atoms with E-state index < -0.39 is 0 Å². The molecule has 5 heteroatoms. The van der Waals surface area contributed by atoms with Gasteiger partial charge in [-0.2, -0.15) is 0 Å². The molecular formula is C15H20N4O. The van der Waals surface area contributed by atoms with Crippen LogP contribution in [0.2, 0.25) is 0 Å². The Bertz CT molecular complexity index is 598. The number of methoxy groups -OCH3 is 1. The Morgan fingerprint density at radius 2 is 2.00 bits per heavy atom. The van der Waals surface area contributed by atoms with Crippen molar-refractivity contribution in [2.45, 2.75) is 13.8 Å². The Morgan fingerprint density at radius 3 is 2.70 bits per heavy atom. The number of anilines is 1. The summed E-state index contributed by atoms with van der Waals surface area (Å²) >= 11 is 0. The second-order valence-corrected chi connectivity index (χ2v) is 4.67. The molecular weight excluding hydrogens is 252 g/mol. The first-order chi connectivity index (χ1) is 9.65.